The number of rotatable bonds is 7. The number of aromatic hydroxyl groups is 1. The number of nitrogens with zero attached hydrogens (tertiary/aromatic N) is 2. The van der Waals surface area contributed by atoms with Gasteiger partial charge in [0, 0.05) is 6.07 Å². The van der Waals surface area contributed by atoms with E-state index in [1.165, 1.54) is 42.5 Å². The van der Waals surface area contributed by atoms with Crippen molar-refractivity contribution in [2.45, 2.75) is 32.0 Å². The molecule has 2 aromatic heterocycles. The van der Waals surface area contributed by atoms with Gasteiger partial charge in [0.15, 0.2) is 0 Å². The Kier molecular flexibility index (Phi) is 11.9. The maximum absolute atomic E-state index is 13.0. The molecule has 244 valence electrons. The van der Waals surface area contributed by atoms with E-state index < -0.39 is 50.3 Å². The Morgan fingerprint density at radius 1 is 0.809 bits per heavy atom. The number of carbonyl (C=O) groups is 2. The maximum Gasteiger partial charge on any atom is 0.492 e. The number of hydrogen-bond donors (Lipinski definition) is 4. The molecule has 0 fully saturated rings. The van der Waals surface area contributed by atoms with Crippen LogP contribution in [0.4, 0.5) is 13.2 Å². The summed E-state index contributed by atoms with van der Waals surface area (Å²) in [7, 11) is -2.32. The Morgan fingerprint density at radius 3 is 1.91 bits per heavy atom. The van der Waals surface area contributed by atoms with Crippen molar-refractivity contribution in [1.29, 1.82) is 0 Å². The third-order valence-corrected chi connectivity index (χ3v) is 6.55. The van der Waals surface area contributed by atoms with Crippen LogP contribution in [-0.2, 0) is 23.6 Å². The first kappa shape index (κ1) is 34.9. The highest BCUT2D eigenvalue weighted by Gasteiger charge is 2.37. The zero-order chi connectivity index (χ0) is 34.1. The van der Waals surface area contributed by atoms with E-state index in [1.54, 1.807) is 25.1 Å². The molecule has 0 bridgehead atoms. The van der Waals surface area contributed by atoms with Crippen molar-refractivity contribution in [2.24, 2.45) is 0 Å². The predicted molar refractivity (Wildman–Crippen MR) is 159 cm³/mol. The van der Waals surface area contributed by atoms with Gasteiger partial charge in [-0.1, -0.05) is 24.3 Å². The Balaban J connectivity index is 0.000000177. The molecule has 2 atom stereocenters. The van der Waals surface area contributed by atoms with E-state index in [2.05, 4.69) is 9.97 Å². The summed E-state index contributed by atoms with van der Waals surface area (Å²) in [5.74, 6) is -3.15. The van der Waals surface area contributed by atoms with E-state index in [4.69, 9.17) is 23.9 Å². The fourth-order valence-electron chi connectivity index (χ4n) is 4.59. The van der Waals surface area contributed by atoms with E-state index in [0.717, 1.165) is 12.1 Å². The maximum atomic E-state index is 13.0. The van der Waals surface area contributed by atoms with Crippen LogP contribution in [0.2, 0.25) is 0 Å². The van der Waals surface area contributed by atoms with Crippen molar-refractivity contribution in [2.75, 3.05) is 6.61 Å². The molecular weight excluding hydrogens is 627 g/mol. The molecule has 0 saturated heterocycles. The molecule has 0 amide bonds. The number of carboxylic acid groups (broad SMARTS) is 1. The van der Waals surface area contributed by atoms with Gasteiger partial charge in [0.2, 0.25) is 23.7 Å². The first-order valence-corrected chi connectivity index (χ1v) is 14.0. The molecule has 4 aromatic rings. The Morgan fingerprint density at radius 2 is 1.36 bits per heavy atom. The fraction of sp³-hybridized carbons (Fsp3) is 0.200. The normalized spacial score (nSPS) is 15.8. The van der Waals surface area contributed by atoms with Gasteiger partial charge in [0.05, 0.1) is 31.7 Å². The fourth-order valence-corrected chi connectivity index (χ4v) is 4.59. The number of aliphatic carboxylic acids is 1. The van der Waals surface area contributed by atoms with Crippen LogP contribution in [0.5, 0.6) is 17.4 Å². The second-order valence-corrected chi connectivity index (χ2v) is 9.85. The highest BCUT2D eigenvalue weighted by molar-refractivity contribution is 6.62. The SMILES string of the molecule is CCOC(=O)CC1OB(O)c2cc(O)ccc21.Fc1cccc(F)n1.O=C(O)CC1OB(O)c2cc(Oc3cccc(F)n3)ccc21. The van der Waals surface area contributed by atoms with Gasteiger partial charge in [0.1, 0.15) is 11.5 Å². The largest absolute Gasteiger partial charge is 0.508 e. The van der Waals surface area contributed by atoms with Crippen molar-refractivity contribution in [3.05, 3.63) is 102 Å². The van der Waals surface area contributed by atoms with Gasteiger partial charge in [-0.3, -0.25) is 9.59 Å². The zero-order valence-electron chi connectivity index (χ0n) is 24.6. The number of esters is 1. The first-order valence-electron chi connectivity index (χ1n) is 14.0. The molecule has 0 aliphatic carbocycles. The summed E-state index contributed by atoms with van der Waals surface area (Å²) in [6, 6.07) is 16.9. The highest BCUT2D eigenvalue weighted by Crippen LogP contribution is 2.30. The number of phenolic OH excluding ortho intramolecular Hbond substituents is 1. The zero-order valence-corrected chi connectivity index (χ0v) is 24.6. The Bertz CT molecular complexity index is 1700. The topological polar surface area (TPSA) is 178 Å². The molecule has 0 radical (unpaired) electrons. The quantitative estimate of drug-likeness (QED) is 0.130. The summed E-state index contributed by atoms with van der Waals surface area (Å²) >= 11 is 0. The van der Waals surface area contributed by atoms with Crippen LogP contribution < -0.4 is 15.7 Å². The summed E-state index contributed by atoms with van der Waals surface area (Å²) in [6.45, 7) is 2.05. The number of fused-ring (bicyclic) bond motifs is 2. The lowest BCUT2D eigenvalue weighted by Gasteiger charge is -2.11. The Labute approximate surface area is 266 Å². The summed E-state index contributed by atoms with van der Waals surface area (Å²) in [5.41, 5.74) is 2.23. The van der Waals surface area contributed by atoms with Crippen LogP contribution in [-0.4, -0.2) is 63.0 Å². The van der Waals surface area contributed by atoms with E-state index in [1.807, 2.05) is 0 Å². The summed E-state index contributed by atoms with van der Waals surface area (Å²) < 4.78 is 57.4. The molecule has 4 heterocycles. The lowest BCUT2D eigenvalue weighted by molar-refractivity contribution is -0.145. The minimum atomic E-state index is -1.22. The van der Waals surface area contributed by atoms with Gasteiger partial charge < -0.3 is 39.0 Å². The third kappa shape index (κ3) is 9.76. The Hall–Kier alpha value is -4.96. The number of pyridine rings is 2. The van der Waals surface area contributed by atoms with Crippen LogP contribution in [0.3, 0.4) is 0 Å². The summed E-state index contributed by atoms with van der Waals surface area (Å²) in [6.07, 6.45) is -1.40. The number of carbonyl (C=O) groups excluding carboxylic acids is 1. The van der Waals surface area contributed by atoms with E-state index in [9.17, 15) is 37.9 Å². The van der Waals surface area contributed by atoms with E-state index in [-0.39, 0.29) is 30.4 Å². The van der Waals surface area contributed by atoms with Crippen molar-refractivity contribution >= 4 is 37.1 Å². The van der Waals surface area contributed by atoms with Crippen LogP contribution in [0.1, 0.15) is 43.1 Å². The number of aromatic nitrogens is 2. The number of hydrogen-bond acceptors (Lipinski definition) is 11. The number of benzene rings is 2. The molecule has 12 nitrogen and oxygen atoms in total. The monoisotopic (exact) mass is 654 g/mol. The lowest BCUT2D eigenvalue weighted by atomic mass is 9.79. The van der Waals surface area contributed by atoms with Gasteiger partial charge in [0.25, 0.3) is 0 Å². The molecule has 2 aromatic carbocycles. The van der Waals surface area contributed by atoms with Gasteiger partial charge in [-0.05, 0) is 71.4 Å². The second-order valence-electron chi connectivity index (χ2n) is 9.85. The van der Waals surface area contributed by atoms with E-state index in [0.29, 0.717) is 34.4 Å². The van der Waals surface area contributed by atoms with Crippen LogP contribution in [0.15, 0.2) is 72.8 Å². The van der Waals surface area contributed by atoms with Crippen molar-refractivity contribution in [3.63, 3.8) is 0 Å². The number of ether oxygens (including phenoxy) is 2. The molecule has 0 saturated carbocycles. The molecule has 6 rings (SSSR count). The standard InChI is InChI=1S/C14H11BFNO5.C11H13BO5.C5H3F2N/c16-12-2-1-3-13(17-12)21-8-4-5-9-10(6-8)15(20)22-11(9)7-14(18)19;1-2-16-11(14)6-10-8-4-3-7(13)5-9(8)12(15)17-10;6-4-2-1-3-5(7)8-4/h1-6,11,20H,7H2,(H,18,19);3-5,10,13,15H,2,6H2,1H3;1-3H. The van der Waals surface area contributed by atoms with Crippen LogP contribution in [0, 0.1) is 17.8 Å². The van der Waals surface area contributed by atoms with Gasteiger partial charge >= 0.3 is 26.2 Å². The van der Waals surface area contributed by atoms with Crippen LogP contribution >= 0.6 is 0 Å². The smallest absolute Gasteiger partial charge is 0.492 e. The van der Waals surface area contributed by atoms with Gasteiger partial charge in [-0.25, -0.2) is 0 Å². The molecule has 17 heteroatoms. The average Bonchev–Trinajstić information content (AvgIpc) is 3.47. The minimum Gasteiger partial charge on any atom is -0.508 e. The molecule has 4 N–H and O–H groups in total. The number of halogens is 3. The van der Waals surface area contributed by atoms with Crippen molar-refractivity contribution in [3.8, 4) is 17.4 Å². The van der Waals surface area contributed by atoms with Gasteiger partial charge in [-0.15, -0.1) is 0 Å². The average molecular weight is 654 g/mol. The molecule has 2 unspecified atom stereocenters. The predicted octanol–water partition coefficient (Wildman–Crippen LogP) is 2.71. The molecule has 2 aliphatic rings. The van der Waals surface area contributed by atoms with Gasteiger partial charge in [-0.2, -0.15) is 23.1 Å². The molecular formula is C30H27B2F3N2O10. The molecule has 0 spiro atoms. The lowest BCUT2D eigenvalue weighted by Crippen LogP contribution is -2.28. The highest BCUT2D eigenvalue weighted by atomic mass is 19.1. The third-order valence-electron chi connectivity index (χ3n) is 6.55. The minimum absolute atomic E-state index is 0.0582. The van der Waals surface area contributed by atoms with Crippen LogP contribution in [0.25, 0.3) is 0 Å². The number of phenols is 1. The van der Waals surface area contributed by atoms with E-state index >= 15 is 0 Å². The first-order chi connectivity index (χ1) is 22.4. The summed E-state index contributed by atoms with van der Waals surface area (Å²) in [5, 5.41) is 37.6. The summed E-state index contributed by atoms with van der Waals surface area (Å²) in [4.78, 5) is 28.5. The van der Waals surface area contributed by atoms with Crippen molar-refractivity contribution < 1.29 is 61.8 Å². The molecule has 2 aliphatic heterocycles. The number of carboxylic acids is 1. The molecule has 47 heavy (non-hydrogen) atoms. The van der Waals surface area contributed by atoms with Crippen molar-refractivity contribution in [1.82, 2.24) is 9.97 Å². The second kappa shape index (κ2) is 16.0.